The van der Waals surface area contributed by atoms with Crippen LogP contribution in [0.25, 0.3) is 11.1 Å². The minimum Gasteiger partial charge on any atom is -0.369 e. The molecule has 0 amide bonds. The minimum atomic E-state index is 0.277. The highest BCUT2D eigenvalue weighted by atomic mass is 35.5. The third-order valence-electron chi connectivity index (χ3n) is 4.22. The maximum Gasteiger partial charge on any atom is 0.221 e. The van der Waals surface area contributed by atoms with E-state index in [-0.39, 0.29) is 5.95 Å². The number of nitrogen functional groups attached to an aromatic ring is 1. The van der Waals surface area contributed by atoms with Crippen molar-refractivity contribution in [3.63, 3.8) is 0 Å². The summed E-state index contributed by atoms with van der Waals surface area (Å²) in [6.07, 6.45) is 4.24. The topological polar surface area (TPSA) is 67.1 Å². The molecule has 23 heavy (non-hydrogen) atoms. The molecule has 1 unspecified atom stereocenters. The summed E-state index contributed by atoms with van der Waals surface area (Å²) < 4.78 is 0. The zero-order valence-corrected chi connectivity index (χ0v) is 14.1. The van der Waals surface area contributed by atoms with Crippen LogP contribution in [0, 0.1) is 5.92 Å². The molecule has 2 aromatic rings. The van der Waals surface area contributed by atoms with Crippen LogP contribution in [0.5, 0.6) is 0 Å². The number of hydrogen-bond donors (Lipinski definition) is 2. The molecule has 0 saturated carbocycles. The first-order chi connectivity index (χ1) is 11.1. The quantitative estimate of drug-likeness (QED) is 0.901. The van der Waals surface area contributed by atoms with E-state index in [2.05, 4.69) is 27.2 Å². The zero-order chi connectivity index (χ0) is 16.2. The number of anilines is 2. The Hall–Kier alpha value is -1.85. The van der Waals surface area contributed by atoms with E-state index in [1.807, 2.05) is 24.3 Å². The van der Waals surface area contributed by atoms with Crippen LogP contribution in [0.4, 0.5) is 11.8 Å². The minimum absolute atomic E-state index is 0.277. The molecule has 1 aliphatic heterocycles. The number of aromatic nitrogens is 2. The van der Waals surface area contributed by atoms with E-state index in [0.717, 1.165) is 30.0 Å². The van der Waals surface area contributed by atoms with Crippen LogP contribution in [0.15, 0.2) is 30.5 Å². The van der Waals surface area contributed by atoms with Crippen molar-refractivity contribution in [3.8, 4) is 11.1 Å². The normalized spacial score (nSPS) is 18.8. The van der Waals surface area contributed by atoms with Gasteiger partial charge in [-0.25, -0.2) is 4.98 Å². The molecule has 3 N–H and O–H groups in total. The van der Waals surface area contributed by atoms with Gasteiger partial charge < -0.3 is 16.0 Å². The van der Waals surface area contributed by atoms with Crippen LogP contribution in [-0.4, -0.2) is 41.5 Å². The molecule has 0 aliphatic carbocycles. The summed E-state index contributed by atoms with van der Waals surface area (Å²) in [7, 11) is 2.17. The van der Waals surface area contributed by atoms with E-state index in [9.17, 15) is 0 Å². The van der Waals surface area contributed by atoms with E-state index in [0.29, 0.717) is 10.9 Å². The molecule has 1 fully saturated rings. The summed E-state index contributed by atoms with van der Waals surface area (Å²) in [6.45, 7) is 3.18. The fourth-order valence-corrected chi connectivity index (χ4v) is 3.27. The molecule has 0 bridgehead atoms. The predicted octanol–water partition coefficient (Wildman–Crippen LogP) is 3.13. The van der Waals surface area contributed by atoms with Crippen LogP contribution in [0.3, 0.4) is 0 Å². The second kappa shape index (κ2) is 7.15. The van der Waals surface area contributed by atoms with Crippen LogP contribution in [-0.2, 0) is 0 Å². The van der Waals surface area contributed by atoms with Gasteiger partial charge in [0.05, 0.1) is 0 Å². The first-order valence-electron chi connectivity index (χ1n) is 7.92. The highest BCUT2D eigenvalue weighted by Crippen LogP contribution is 2.28. The number of hydrogen-bond acceptors (Lipinski definition) is 5. The van der Waals surface area contributed by atoms with Gasteiger partial charge in [-0.1, -0.05) is 23.7 Å². The lowest BCUT2D eigenvalue weighted by molar-refractivity contribution is 0.217. The Labute approximate surface area is 141 Å². The lowest BCUT2D eigenvalue weighted by Gasteiger charge is -2.30. The van der Waals surface area contributed by atoms with Gasteiger partial charge >= 0.3 is 0 Å². The Bertz CT molecular complexity index is 676. The van der Waals surface area contributed by atoms with Gasteiger partial charge in [0.15, 0.2) is 0 Å². The number of nitrogens with one attached hydrogen (secondary N) is 1. The van der Waals surface area contributed by atoms with Gasteiger partial charge in [0.1, 0.15) is 5.82 Å². The van der Waals surface area contributed by atoms with Crippen molar-refractivity contribution in [3.05, 3.63) is 35.5 Å². The fourth-order valence-electron chi connectivity index (χ4n) is 3.08. The van der Waals surface area contributed by atoms with Crippen LogP contribution in [0.1, 0.15) is 12.8 Å². The molecule has 1 aliphatic rings. The molecule has 6 heteroatoms. The lowest BCUT2D eigenvalue weighted by Crippen LogP contribution is -2.35. The summed E-state index contributed by atoms with van der Waals surface area (Å²) in [4.78, 5) is 10.9. The number of nitrogens with zero attached hydrogens (tertiary/aromatic N) is 3. The average Bonchev–Trinajstić information content (AvgIpc) is 2.53. The standard InChI is InChI=1S/C17H22ClN5/c1-23-7-3-4-12(11-23)9-20-16-15(10-21-17(19)22-16)13-5-2-6-14(18)8-13/h2,5-6,8,10,12H,3-4,7,9,11H2,1H3,(H3,19,20,21,22). The lowest BCUT2D eigenvalue weighted by atomic mass is 9.98. The van der Waals surface area contributed by atoms with Gasteiger partial charge in [-0.2, -0.15) is 4.98 Å². The molecule has 3 rings (SSSR count). The molecule has 122 valence electrons. The molecule has 1 aromatic carbocycles. The average molecular weight is 332 g/mol. The van der Waals surface area contributed by atoms with Gasteiger partial charge in [-0.3, -0.25) is 0 Å². The Morgan fingerprint density at radius 2 is 2.30 bits per heavy atom. The van der Waals surface area contributed by atoms with E-state index < -0.39 is 0 Å². The van der Waals surface area contributed by atoms with Crippen molar-refractivity contribution in [2.24, 2.45) is 5.92 Å². The number of benzene rings is 1. The summed E-state index contributed by atoms with van der Waals surface area (Å²) in [5, 5.41) is 4.16. The van der Waals surface area contributed by atoms with Crippen molar-refractivity contribution in [2.45, 2.75) is 12.8 Å². The summed E-state index contributed by atoms with van der Waals surface area (Å²) >= 11 is 6.10. The summed E-state index contributed by atoms with van der Waals surface area (Å²) in [5.41, 5.74) is 7.68. The number of halogens is 1. The number of rotatable bonds is 4. The molecule has 0 spiro atoms. The van der Waals surface area contributed by atoms with Gasteiger partial charge in [-0.05, 0) is 50.0 Å². The Morgan fingerprint density at radius 3 is 3.09 bits per heavy atom. The van der Waals surface area contributed by atoms with E-state index >= 15 is 0 Å². The molecule has 0 radical (unpaired) electrons. The number of nitrogens with two attached hydrogens (primary N) is 1. The fraction of sp³-hybridized carbons (Fsp3) is 0.412. The molecule has 5 nitrogen and oxygen atoms in total. The van der Waals surface area contributed by atoms with Gasteiger partial charge in [0.25, 0.3) is 0 Å². The number of likely N-dealkylation sites (tertiary alicyclic amines) is 1. The SMILES string of the molecule is CN1CCCC(CNc2nc(N)ncc2-c2cccc(Cl)c2)C1. The summed E-state index contributed by atoms with van der Waals surface area (Å²) in [5.74, 6) is 1.67. The van der Waals surface area contributed by atoms with E-state index in [1.165, 1.54) is 19.4 Å². The van der Waals surface area contributed by atoms with Crippen molar-refractivity contribution in [2.75, 3.05) is 37.7 Å². The van der Waals surface area contributed by atoms with Crippen LogP contribution in [0.2, 0.25) is 5.02 Å². The molecule has 2 heterocycles. The first-order valence-corrected chi connectivity index (χ1v) is 8.30. The molecular weight excluding hydrogens is 310 g/mol. The second-order valence-electron chi connectivity index (χ2n) is 6.15. The largest absolute Gasteiger partial charge is 0.369 e. The predicted molar refractivity (Wildman–Crippen MR) is 95.6 cm³/mol. The number of piperidine rings is 1. The Kier molecular flexibility index (Phi) is 4.98. The second-order valence-corrected chi connectivity index (χ2v) is 6.59. The van der Waals surface area contributed by atoms with Crippen LogP contribution >= 0.6 is 11.6 Å². The molecule has 1 aromatic heterocycles. The summed E-state index contributed by atoms with van der Waals surface area (Å²) in [6, 6.07) is 7.69. The van der Waals surface area contributed by atoms with Gasteiger partial charge in [0, 0.05) is 29.9 Å². The maximum atomic E-state index is 6.10. The smallest absolute Gasteiger partial charge is 0.221 e. The van der Waals surface area contributed by atoms with Crippen molar-refractivity contribution in [1.82, 2.24) is 14.9 Å². The maximum absolute atomic E-state index is 6.10. The highest BCUT2D eigenvalue weighted by molar-refractivity contribution is 6.30. The first kappa shape index (κ1) is 16.0. The van der Waals surface area contributed by atoms with Gasteiger partial charge in [-0.15, -0.1) is 0 Å². The third kappa shape index (κ3) is 4.12. The molecule has 1 saturated heterocycles. The Morgan fingerprint density at radius 1 is 1.43 bits per heavy atom. The highest BCUT2D eigenvalue weighted by Gasteiger charge is 2.18. The zero-order valence-electron chi connectivity index (χ0n) is 13.3. The molecule has 1 atom stereocenters. The third-order valence-corrected chi connectivity index (χ3v) is 4.46. The Balaban J connectivity index is 1.79. The van der Waals surface area contributed by atoms with Crippen molar-refractivity contribution in [1.29, 1.82) is 0 Å². The van der Waals surface area contributed by atoms with E-state index in [4.69, 9.17) is 17.3 Å². The van der Waals surface area contributed by atoms with Crippen molar-refractivity contribution >= 4 is 23.4 Å². The van der Waals surface area contributed by atoms with Crippen LogP contribution < -0.4 is 11.1 Å². The van der Waals surface area contributed by atoms with Crippen molar-refractivity contribution < 1.29 is 0 Å². The molecular formula is C17H22ClN5. The monoisotopic (exact) mass is 331 g/mol. The van der Waals surface area contributed by atoms with E-state index in [1.54, 1.807) is 6.20 Å². The van der Waals surface area contributed by atoms with Gasteiger partial charge in [0.2, 0.25) is 5.95 Å².